The molecule has 0 aliphatic heterocycles. The molecule has 3 unspecified atom stereocenters. The summed E-state index contributed by atoms with van der Waals surface area (Å²) in [4.78, 5) is 46.9. The molecule has 0 bridgehead atoms. The molecule has 0 aliphatic carbocycles. The molecule has 0 aromatic heterocycles. The third-order valence-corrected chi connectivity index (χ3v) is 42.3. The van der Waals surface area contributed by atoms with Crippen molar-refractivity contribution >= 4 is 101 Å². The summed E-state index contributed by atoms with van der Waals surface area (Å²) < 4.78 is 77.7. The number of allylic oxidation sites excluding steroid dienone is 1. The maximum absolute atomic E-state index is 12.4. The second-order valence-electron chi connectivity index (χ2n) is 27.2. The Labute approximate surface area is 551 Å². The highest BCUT2D eigenvalue weighted by atomic mass is 28.5. The molecule has 0 fully saturated rings. The SMILES string of the molecule is C=C(C)C(=O)OCCNC(=O)Oc1ccc(CCC[Si](C)(O[Si](C)(C)C)O[Si](C)(CCCc2ccccc2)O[Si](C)(C)O[Si](C)(C)C)cc1OC.C=CCc1ccc(OC(=O)CCCOC(=O)C(=C)C)c(OC)c1.C[SiH](O[Si](C)(C)C)O[Si](C)(C)O[Si](C)(C)C. The third-order valence-electron chi connectivity index (χ3n) is 11.8. The average Bonchev–Trinajstić information content (AvgIpc) is 2.23. The van der Waals surface area contributed by atoms with Crippen molar-refractivity contribution in [1.82, 2.24) is 5.32 Å². The zero-order valence-corrected chi connectivity index (χ0v) is 68.2. The van der Waals surface area contributed by atoms with Gasteiger partial charge < -0.3 is 62.5 Å². The van der Waals surface area contributed by atoms with Gasteiger partial charge in [-0.1, -0.05) is 61.7 Å². The predicted molar refractivity (Wildman–Crippen MR) is 385 cm³/mol. The molecule has 508 valence electrons. The standard InChI is InChI=1S/C36H63NO9Si5.C18H22O5.C9H28O3Si4/c1-30(2)35(38)41-26-25-37-36(39)42-33-24-23-32(29-34(33)40-3)22-18-27-50(12,44-48(7,8)9)46-51(13,45-49(10,11)43-47(4,5)6)28-17-21-31-19-15-14-16-20-31;1-5-7-14-9-10-15(16(12-14)21-4)23-17(19)8-6-11-22-18(20)13(2)3;1-13(10-14(2,3)4)11-16(8,9)12-15(5,6)7/h14-16,19-20,23-24,29H,1,17-18,21-22,25-28H2,2-13H3,(H,37,39);5,9-10,12H,1-2,6-8,11H2,3-4H3;13H,1-9H3. The van der Waals surface area contributed by atoms with Gasteiger partial charge in [-0.15, -0.1) is 6.58 Å². The molecule has 0 saturated carbocycles. The molecule has 90 heavy (non-hydrogen) atoms. The topological polar surface area (TPSA) is 200 Å². The average molecular weight is 1410 g/mol. The lowest BCUT2D eigenvalue weighted by Crippen LogP contribution is -2.60. The van der Waals surface area contributed by atoms with Crippen molar-refractivity contribution in [3.05, 3.63) is 120 Å². The van der Waals surface area contributed by atoms with Gasteiger partial charge in [0.05, 0.1) is 27.4 Å². The fraction of sp³-hybridized carbons (Fsp3) is 0.556. The van der Waals surface area contributed by atoms with E-state index >= 15 is 0 Å². The Morgan fingerprint density at radius 2 is 0.978 bits per heavy atom. The van der Waals surface area contributed by atoms with Crippen LogP contribution in [0.4, 0.5) is 4.79 Å². The van der Waals surface area contributed by atoms with Crippen LogP contribution >= 0.6 is 0 Å². The molecule has 18 nitrogen and oxygen atoms in total. The highest BCUT2D eigenvalue weighted by Crippen LogP contribution is 2.35. The first-order valence-electron chi connectivity index (χ1n) is 31.0. The van der Waals surface area contributed by atoms with Crippen LogP contribution in [0.25, 0.3) is 0 Å². The Hall–Kier alpha value is -4.17. The Morgan fingerprint density at radius 1 is 0.511 bits per heavy atom. The van der Waals surface area contributed by atoms with Crippen molar-refractivity contribution < 1.29 is 76.4 Å². The zero-order valence-electron chi connectivity index (χ0n) is 59.1. The van der Waals surface area contributed by atoms with Gasteiger partial charge in [-0.25, -0.2) is 14.4 Å². The van der Waals surface area contributed by atoms with Crippen molar-refractivity contribution in [2.75, 3.05) is 34.0 Å². The van der Waals surface area contributed by atoms with E-state index in [9.17, 15) is 19.2 Å². The molecule has 0 saturated heterocycles. The van der Waals surface area contributed by atoms with Crippen LogP contribution in [0.3, 0.4) is 0 Å². The lowest BCUT2D eigenvalue weighted by molar-refractivity contribution is -0.141. The molecular weight excluding hydrogens is 1300 g/mol. The van der Waals surface area contributed by atoms with E-state index in [0.29, 0.717) is 47.0 Å². The molecule has 3 atom stereocenters. The van der Waals surface area contributed by atoms with Crippen LogP contribution in [0.15, 0.2) is 104 Å². The molecule has 1 amide bonds. The summed E-state index contributed by atoms with van der Waals surface area (Å²) in [5.74, 6) is 0.223. The van der Waals surface area contributed by atoms with Crippen molar-refractivity contribution in [2.24, 2.45) is 0 Å². The van der Waals surface area contributed by atoms with E-state index < -0.39 is 101 Å². The van der Waals surface area contributed by atoms with Gasteiger partial charge >= 0.3 is 58.2 Å². The maximum Gasteiger partial charge on any atom is 0.412 e. The largest absolute Gasteiger partial charge is 0.493 e. The Balaban J connectivity index is 0.000000846. The molecular formula is C63H113NO17Si9. The van der Waals surface area contributed by atoms with Crippen LogP contribution in [0.5, 0.6) is 23.0 Å². The van der Waals surface area contributed by atoms with E-state index in [2.05, 4.69) is 180 Å². The summed E-state index contributed by atoms with van der Waals surface area (Å²) in [5.41, 5.74) is 4.01. The number of benzene rings is 3. The van der Waals surface area contributed by atoms with Crippen molar-refractivity contribution in [2.45, 2.75) is 195 Å². The summed E-state index contributed by atoms with van der Waals surface area (Å²) >= 11 is 0. The maximum atomic E-state index is 12.4. The van der Waals surface area contributed by atoms with E-state index in [-0.39, 0.29) is 26.2 Å². The van der Waals surface area contributed by atoms with Crippen LogP contribution in [-0.2, 0) is 71.9 Å². The Bertz CT molecular complexity index is 2750. The number of hydrogen-bond donors (Lipinski definition) is 1. The molecule has 1 N–H and O–H groups in total. The van der Waals surface area contributed by atoms with Gasteiger partial charge in [0.15, 0.2) is 56.3 Å². The van der Waals surface area contributed by atoms with E-state index in [1.165, 1.54) is 12.7 Å². The van der Waals surface area contributed by atoms with Gasteiger partial charge in [0.25, 0.3) is 9.28 Å². The van der Waals surface area contributed by atoms with Gasteiger partial charge in [-0.3, -0.25) is 4.79 Å². The monoisotopic (exact) mass is 1410 g/mol. The van der Waals surface area contributed by atoms with Crippen molar-refractivity contribution in [3.8, 4) is 23.0 Å². The van der Waals surface area contributed by atoms with Gasteiger partial charge in [-0.2, -0.15) is 0 Å². The summed E-state index contributed by atoms with van der Waals surface area (Å²) in [7, 11) is -15.2. The van der Waals surface area contributed by atoms with Crippen LogP contribution in [0.2, 0.25) is 136 Å². The number of nitrogens with one attached hydrogen (secondary N) is 1. The minimum Gasteiger partial charge on any atom is -0.493 e. The number of methoxy groups -OCH3 is 2. The number of carbonyl (C=O) groups excluding carboxylic acids is 4. The predicted octanol–water partition coefficient (Wildman–Crippen LogP) is 15.5. The number of esters is 3. The second-order valence-corrected chi connectivity index (χ2v) is 62.3. The first kappa shape index (κ1) is 83.8. The van der Waals surface area contributed by atoms with Crippen LogP contribution in [-0.4, -0.2) is 135 Å². The molecule has 0 radical (unpaired) electrons. The van der Waals surface area contributed by atoms with E-state index in [4.69, 9.17) is 57.2 Å². The summed E-state index contributed by atoms with van der Waals surface area (Å²) in [5, 5.41) is 2.57. The zero-order chi connectivity index (χ0) is 69.0. The van der Waals surface area contributed by atoms with Gasteiger partial charge in [0.1, 0.15) is 6.61 Å². The number of carbonyl (C=O) groups is 4. The molecule has 3 rings (SSSR count). The van der Waals surface area contributed by atoms with Crippen LogP contribution in [0, 0.1) is 0 Å². The fourth-order valence-corrected chi connectivity index (χ4v) is 47.6. The first-order chi connectivity index (χ1) is 41.3. The first-order valence-corrected chi connectivity index (χ1v) is 57.4. The number of rotatable bonds is 37. The van der Waals surface area contributed by atoms with Crippen LogP contribution in [0.1, 0.15) is 56.2 Å². The number of amides is 1. The minimum atomic E-state index is -2.75. The normalized spacial score (nSPS) is 13.7. The number of aryl methyl sites for hydroxylation is 2. The van der Waals surface area contributed by atoms with Crippen LogP contribution < -0.4 is 24.3 Å². The van der Waals surface area contributed by atoms with Crippen molar-refractivity contribution in [1.29, 1.82) is 0 Å². The summed E-state index contributed by atoms with van der Waals surface area (Å²) in [6, 6.07) is 23.1. The fourth-order valence-electron chi connectivity index (χ4n) is 9.46. The Morgan fingerprint density at radius 3 is 1.47 bits per heavy atom. The molecule has 27 heteroatoms. The lowest BCUT2D eigenvalue weighted by atomic mass is 10.1. The summed E-state index contributed by atoms with van der Waals surface area (Å²) in [6.45, 7) is 55.7. The smallest absolute Gasteiger partial charge is 0.412 e. The molecule has 0 spiro atoms. The van der Waals surface area contributed by atoms with Gasteiger partial charge in [0.2, 0.25) is 0 Å². The Kier molecular flexibility index (Phi) is 36.2. The quantitative estimate of drug-likeness (QED) is 0.0143. The number of hydrogen-bond acceptors (Lipinski definition) is 17. The molecule has 0 heterocycles. The highest BCUT2D eigenvalue weighted by Gasteiger charge is 2.49. The van der Waals surface area contributed by atoms with Gasteiger partial charge in [-0.05, 0) is 230 Å². The van der Waals surface area contributed by atoms with E-state index in [1.807, 2.05) is 18.2 Å². The van der Waals surface area contributed by atoms with E-state index in [1.54, 1.807) is 45.2 Å². The third kappa shape index (κ3) is 39.4. The molecule has 3 aromatic rings. The summed E-state index contributed by atoms with van der Waals surface area (Å²) in [6.07, 6.45) is 5.89. The van der Waals surface area contributed by atoms with E-state index in [0.717, 1.165) is 48.9 Å². The molecule has 3 aromatic carbocycles. The lowest BCUT2D eigenvalue weighted by Gasteiger charge is -2.44. The minimum absolute atomic E-state index is 0.0115. The van der Waals surface area contributed by atoms with Gasteiger partial charge in [0, 0.05) is 17.6 Å². The molecule has 0 aliphatic rings. The number of ether oxygens (including phenoxy) is 6. The highest BCUT2D eigenvalue weighted by molar-refractivity contribution is 6.91. The van der Waals surface area contributed by atoms with Crippen molar-refractivity contribution in [3.63, 3.8) is 0 Å². The second kappa shape index (κ2) is 38.9.